The van der Waals surface area contributed by atoms with E-state index in [0.29, 0.717) is 24.3 Å². The second-order valence-electron chi connectivity index (χ2n) is 7.48. The molecule has 6 heteroatoms. The van der Waals surface area contributed by atoms with E-state index in [2.05, 4.69) is 35.9 Å². The first-order valence-electron chi connectivity index (χ1n) is 8.45. The van der Waals surface area contributed by atoms with Crippen LogP contribution in [0.25, 0.3) is 0 Å². The predicted octanol–water partition coefficient (Wildman–Crippen LogP) is 1.47. The molecule has 0 unspecified atom stereocenters. The molecule has 0 spiro atoms. The molecule has 3 atom stereocenters. The minimum absolute atomic E-state index is 0.0684. The Balaban J connectivity index is 1.36. The van der Waals surface area contributed by atoms with E-state index in [0.717, 1.165) is 12.3 Å². The van der Waals surface area contributed by atoms with Crippen LogP contribution in [-0.4, -0.2) is 30.4 Å². The fraction of sp³-hybridized carbons (Fsp3) is 0.706. The van der Waals surface area contributed by atoms with Crippen molar-refractivity contribution < 1.29 is 14.4 Å². The standard InChI is InChI=1S/C17H25N3O3/c1-17(2)11-4-3-10(12(17)9-11)7-8-18-14(21)6-5-13-15(22)20-16(23)19-13/h3,11-13H,4-9H2,1-2H3,(H,18,21)(H2,19,20,22,23)/t11-,12-,13-/m0/s1. The average Bonchev–Trinajstić information content (AvgIpc) is 2.83. The Bertz CT molecular complexity index is 567. The maximum absolute atomic E-state index is 11.9. The summed E-state index contributed by atoms with van der Waals surface area (Å²) in [6.45, 7) is 5.34. The lowest BCUT2D eigenvalue weighted by Crippen LogP contribution is -2.48. The van der Waals surface area contributed by atoms with Gasteiger partial charge in [-0.2, -0.15) is 0 Å². The molecule has 4 amide bonds. The quantitative estimate of drug-likeness (QED) is 0.512. The minimum Gasteiger partial charge on any atom is -0.356 e. The van der Waals surface area contributed by atoms with E-state index in [-0.39, 0.29) is 18.2 Å². The van der Waals surface area contributed by atoms with Gasteiger partial charge in [-0.15, -0.1) is 0 Å². The second-order valence-corrected chi connectivity index (χ2v) is 7.48. The van der Waals surface area contributed by atoms with Gasteiger partial charge in [-0.05, 0) is 42.9 Å². The summed E-state index contributed by atoms with van der Waals surface area (Å²) in [6.07, 6.45) is 6.31. The number of carbonyl (C=O) groups is 3. The first-order valence-corrected chi connectivity index (χ1v) is 8.45. The highest BCUT2D eigenvalue weighted by Gasteiger charge is 2.50. The van der Waals surface area contributed by atoms with Crippen LogP contribution in [0.1, 0.15) is 46.0 Å². The highest BCUT2D eigenvalue weighted by atomic mass is 16.2. The van der Waals surface area contributed by atoms with Crippen LogP contribution in [0.4, 0.5) is 4.79 Å². The Morgan fingerprint density at radius 2 is 2.17 bits per heavy atom. The maximum atomic E-state index is 11.9. The zero-order chi connectivity index (χ0) is 16.6. The van der Waals surface area contributed by atoms with Crippen LogP contribution < -0.4 is 16.0 Å². The number of fused-ring (bicyclic) bond motifs is 1. The third-order valence-corrected chi connectivity index (χ3v) is 5.84. The van der Waals surface area contributed by atoms with E-state index in [1.165, 1.54) is 18.4 Å². The van der Waals surface area contributed by atoms with Crippen LogP contribution in [0.2, 0.25) is 0 Å². The summed E-state index contributed by atoms with van der Waals surface area (Å²) < 4.78 is 0. The van der Waals surface area contributed by atoms with Crippen molar-refractivity contribution in [1.82, 2.24) is 16.0 Å². The number of hydrogen-bond acceptors (Lipinski definition) is 3. The summed E-state index contributed by atoms with van der Waals surface area (Å²) in [5.41, 5.74) is 1.91. The van der Waals surface area contributed by atoms with E-state index < -0.39 is 12.1 Å². The highest BCUT2D eigenvalue weighted by molar-refractivity contribution is 6.04. The Kier molecular flexibility index (Phi) is 4.17. The number of nitrogens with one attached hydrogen (secondary N) is 3. The van der Waals surface area contributed by atoms with Crippen molar-refractivity contribution in [2.75, 3.05) is 6.54 Å². The largest absolute Gasteiger partial charge is 0.356 e. The second kappa shape index (κ2) is 5.98. The molecule has 1 saturated heterocycles. The maximum Gasteiger partial charge on any atom is 0.322 e. The van der Waals surface area contributed by atoms with Gasteiger partial charge >= 0.3 is 6.03 Å². The molecule has 4 aliphatic rings. The van der Waals surface area contributed by atoms with Crippen molar-refractivity contribution >= 4 is 17.8 Å². The molecule has 2 bridgehead atoms. The Labute approximate surface area is 136 Å². The number of hydrogen-bond donors (Lipinski definition) is 3. The van der Waals surface area contributed by atoms with Crippen molar-refractivity contribution in [3.05, 3.63) is 11.6 Å². The molecule has 0 aromatic carbocycles. The third kappa shape index (κ3) is 3.12. The van der Waals surface area contributed by atoms with Gasteiger partial charge in [-0.1, -0.05) is 25.5 Å². The monoisotopic (exact) mass is 319 g/mol. The van der Waals surface area contributed by atoms with Gasteiger partial charge in [0, 0.05) is 13.0 Å². The van der Waals surface area contributed by atoms with Gasteiger partial charge < -0.3 is 10.6 Å². The summed E-state index contributed by atoms with van der Waals surface area (Å²) in [5, 5.41) is 7.58. The molecule has 3 N–H and O–H groups in total. The van der Waals surface area contributed by atoms with Gasteiger partial charge in [0.1, 0.15) is 6.04 Å². The Morgan fingerprint density at radius 3 is 2.78 bits per heavy atom. The summed E-state index contributed by atoms with van der Waals surface area (Å²) in [5.74, 6) is 1.09. The topological polar surface area (TPSA) is 87.3 Å². The number of imide groups is 1. The van der Waals surface area contributed by atoms with Crippen LogP contribution in [-0.2, 0) is 9.59 Å². The molecule has 0 aromatic heterocycles. The number of carbonyl (C=O) groups excluding carboxylic acids is 3. The zero-order valence-corrected chi connectivity index (χ0v) is 13.8. The molecule has 1 heterocycles. The summed E-state index contributed by atoms with van der Waals surface area (Å²) in [7, 11) is 0. The molecule has 3 aliphatic carbocycles. The number of allylic oxidation sites excluding steroid dienone is 1. The molecule has 0 aromatic rings. The van der Waals surface area contributed by atoms with Crippen LogP contribution in [0.15, 0.2) is 11.6 Å². The molecule has 126 valence electrons. The van der Waals surface area contributed by atoms with Gasteiger partial charge in [-0.25, -0.2) is 4.79 Å². The SMILES string of the molecule is CC1(C)[C@H]2CC=C(CCNC(=O)CC[C@@H]3NC(=O)NC3=O)[C@@H]1C2. The number of urea groups is 1. The van der Waals surface area contributed by atoms with Crippen molar-refractivity contribution in [1.29, 1.82) is 0 Å². The van der Waals surface area contributed by atoms with Gasteiger partial charge in [0.05, 0.1) is 0 Å². The number of rotatable bonds is 6. The van der Waals surface area contributed by atoms with Crippen LogP contribution in [0.5, 0.6) is 0 Å². The summed E-state index contributed by atoms with van der Waals surface area (Å²) in [4.78, 5) is 34.3. The predicted molar refractivity (Wildman–Crippen MR) is 85.4 cm³/mol. The smallest absolute Gasteiger partial charge is 0.322 e. The minimum atomic E-state index is -0.581. The van der Waals surface area contributed by atoms with Gasteiger partial charge in [0.15, 0.2) is 0 Å². The van der Waals surface area contributed by atoms with Crippen molar-refractivity contribution in [3.8, 4) is 0 Å². The summed E-state index contributed by atoms with van der Waals surface area (Å²) >= 11 is 0. The molecule has 1 saturated carbocycles. The fourth-order valence-electron chi connectivity index (χ4n) is 4.13. The zero-order valence-electron chi connectivity index (χ0n) is 13.8. The van der Waals surface area contributed by atoms with E-state index in [1.54, 1.807) is 0 Å². The molecular formula is C17H25N3O3. The van der Waals surface area contributed by atoms with E-state index in [1.807, 2.05) is 0 Å². The molecular weight excluding hydrogens is 294 g/mol. The van der Waals surface area contributed by atoms with Gasteiger partial charge in [0.25, 0.3) is 5.91 Å². The first kappa shape index (κ1) is 16.0. The molecule has 0 radical (unpaired) electrons. The fourth-order valence-corrected chi connectivity index (χ4v) is 4.13. The van der Waals surface area contributed by atoms with Crippen molar-refractivity contribution in [2.45, 2.75) is 52.0 Å². The highest BCUT2D eigenvalue weighted by Crippen LogP contribution is 2.59. The normalized spacial score (nSPS) is 30.9. The average molecular weight is 319 g/mol. The van der Waals surface area contributed by atoms with Crippen molar-refractivity contribution in [3.63, 3.8) is 0 Å². The number of amides is 4. The van der Waals surface area contributed by atoms with E-state index >= 15 is 0 Å². The van der Waals surface area contributed by atoms with Crippen molar-refractivity contribution in [2.24, 2.45) is 17.3 Å². The molecule has 4 rings (SSSR count). The van der Waals surface area contributed by atoms with Crippen LogP contribution in [0.3, 0.4) is 0 Å². The summed E-state index contributed by atoms with van der Waals surface area (Å²) in [6, 6.07) is -1.06. The Morgan fingerprint density at radius 1 is 1.39 bits per heavy atom. The Hall–Kier alpha value is -1.85. The molecule has 6 nitrogen and oxygen atoms in total. The lowest BCUT2D eigenvalue weighted by Gasteiger charge is -2.56. The lowest BCUT2D eigenvalue weighted by atomic mass is 9.48. The van der Waals surface area contributed by atoms with E-state index in [4.69, 9.17) is 0 Å². The lowest BCUT2D eigenvalue weighted by molar-refractivity contribution is -0.122. The molecule has 1 aliphatic heterocycles. The molecule has 2 fully saturated rings. The van der Waals surface area contributed by atoms with Gasteiger partial charge in [-0.3, -0.25) is 14.9 Å². The van der Waals surface area contributed by atoms with Crippen LogP contribution >= 0.6 is 0 Å². The first-order chi connectivity index (χ1) is 10.9. The van der Waals surface area contributed by atoms with E-state index in [9.17, 15) is 14.4 Å². The third-order valence-electron chi connectivity index (χ3n) is 5.84. The van der Waals surface area contributed by atoms with Crippen LogP contribution in [0, 0.1) is 17.3 Å². The molecule has 23 heavy (non-hydrogen) atoms. The van der Waals surface area contributed by atoms with Gasteiger partial charge in [0.2, 0.25) is 5.91 Å².